The molecule has 2 nitrogen and oxygen atoms in total. The molecule has 18 heavy (non-hydrogen) atoms. The van der Waals surface area contributed by atoms with Crippen molar-refractivity contribution in [2.75, 3.05) is 0 Å². The maximum Gasteiger partial charge on any atom is 0.130 e. The minimum absolute atomic E-state index is 0.0625. The Kier molecular flexibility index (Phi) is 4.15. The monoisotopic (exact) mass is 240 g/mol. The maximum atomic E-state index is 8.86. The van der Waals surface area contributed by atoms with Gasteiger partial charge in [-0.15, -0.1) is 0 Å². The highest BCUT2D eigenvalue weighted by atomic mass is 16.4. The summed E-state index contributed by atoms with van der Waals surface area (Å²) in [5, 5.41) is 8.86. The summed E-state index contributed by atoms with van der Waals surface area (Å²) in [6, 6.07) is 11.9. The second-order valence-corrected chi connectivity index (χ2v) is 4.09. The van der Waals surface area contributed by atoms with E-state index in [1.807, 2.05) is 30.4 Å². The Labute approximate surface area is 107 Å². The summed E-state index contributed by atoms with van der Waals surface area (Å²) in [6.45, 7) is 2.01. The summed E-state index contributed by atoms with van der Waals surface area (Å²) in [7, 11) is 0. The molecule has 1 aromatic heterocycles. The van der Waals surface area contributed by atoms with Crippen molar-refractivity contribution in [3.8, 4) is 0 Å². The van der Waals surface area contributed by atoms with E-state index in [2.05, 4.69) is 31.2 Å². The minimum atomic E-state index is -0.0625. The molecule has 0 bridgehead atoms. The number of aliphatic hydroxyl groups is 1. The molecule has 0 fully saturated rings. The van der Waals surface area contributed by atoms with Gasteiger partial charge in [-0.05, 0) is 30.7 Å². The van der Waals surface area contributed by atoms with Crippen LogP contribution in [0, 0.1) is 6.92 Å². The Bertz CT molecular complexity index is 545. The van der Waals surface area contributed by atoms with Crippen molar-refractivity contribution in [1.29, 1.82) is 0 Å². The molecule has 0 spiro atoms. The summed E-state index contributed by atoms with van der Waals surface area (Å²) in [5.74, 6) is 1.32. The Morgan fingerprint density at radius 2 is 1.72 bits per heavy atom. The molecule has 0 amide bonds. The maximum absolute atomic E-state index is 8.86. The molecule has 1 aromatic carbocycles. The van der Waals surface area contributed by atoms with E-state index in [9.17, 15) is 0 Å². The van der Waals surface area contributed by atoms with Crippen molar-refractivity contribution in [3.63, 3.8) is 0 Å². The van der Waals surface area contributed by atoms with E-state index in [0.717, 1.165) is 5.76 Å². The quantitative estimate of drug-likeness (QED) is 0.824. The van der Waals surface area contributed by atoms with Gasteiger partial charge < -0.3 is 9.52 Å². The third-order valence-electron chi connectivity index (χ3n) is 2.58. The van der Waals surface area contributed by atoms with Crippen LogP contribution in [0.15, 0.2) is 53.0 Å². The van der Waals surface area contributed by atoms with Gasteiger partial charge in [0, 0.05) is 0 Å². The summed E-state index contributed by atoms with van der Waals surface area (Å²) in [4.78, 5) is 0. The van der Waals surface area contributed by atoms with Gasteiger partial charge in [-0.2, -0.15) is 0 Å². The molecule has 1 N–H and O–H groups in total. The third kappa shape index (κ3) is 3.47. The molecule has 1 heterocycles. The first kappa shape index (κ1) is 12.4. The van der Waals surface area contributed by atoms with Gasteiger partial charge in [-0.3, -0.25) is 0 Å². The van der Waals surface area contributed by atoms with E-state index >= 15 is 0 Å². The van der Waals surface area contributed by atoms with Crippen LogP contribution in [0.25, 0.3) is 12.2 Å². The molecule has 2 heteroatoms. The lowest BCUT2D eigenvalue weighted by molar-refractivity contribution is 0.246. The van der Waals surface area contributed by atoms with Gasteiger partial charge >= 0.3 is 0 Å². The van der Waals surface area contributed by atoms with Crippen molar-refractivity contribution in [2.45, 2.75) is 13.5 Å². The van der Waals surface area contributed by atoms with Gasteiger partial charge in [0.2, 0.25) is 0 Å². The van der Waals surface area contributed by atoms with Crippen LogP contribution in [-0.4, -0.2) is 5.11 Å². The second-order valence-electron chi connectivity index (χ2n) is 4.09. The molecule has 0 radical (unpaired) electrons. The predicted molar refractivity (Wildman–Crippen MR) is 73.9 cm³/mol. The van der Waals surface area contributed by atoms with Crippen LogP contribution in [0.2, 0.25) is 0 Å². The van der Waals surface area contributed by atoms with Crippen LogP contribution in [0.4, 0.5) is 0 Å². The molecular formula is C16H16O2. The summed E-state index contributed by atoms with van der Waals surface area (Å²) in [5.41, 5.74) is 2.43. The molecule has 2 rings (SSSR count). The summed E-state index contributed by atoms with van der Waals surface area (Å²) < 4.78 is 5.33. The van der Waals surface area contributed by atoms with Gasteiger partial charge in [0.1, 0.15) is 18.1 Å². The summed E-state index contributed by atoms with van der Waals surface area (Å²) in [6.07, 6.45) is 7.78. The van der Waals surface area contributed by atoms with Gasteiger partial charge in [-0.1, -0.05) is 48.1 Å². The van der Waals surface area contributed by atoms with Crippen LogP contribution in [0.5, 0.6) is 0 Å². The first-order valence-corrected chi connectivity index (χ1v) is 5.89. The average Bonchev–Trinajstić information content (AvgIpc) is 2.85. The molecule has 92 valence electrons. The zero-order valence-electron chi connectivity index (χ0n) is 10.3. The fourth-order valence-electron chi connectivity index (χ4n) is 1.56. The molecule has 0 aliphatic heterocycles. The van der Waals surface area contributed by atoms with Crippen LogP contribution >= 0.6 is 0 Å². The number of benzene rings is 1. The van der Waals surface area contributed by atoms with Gasteiger partial charge in [0.15, 0.2) is 0 Å². The second kappa shape index (κ2) is 6.03. The highest BCUT2D eigenvalue weighted by molar-refractivity contribution is 5.55. The number of allylic oxidation sites excluding steroid dienone is 2. The van der Waals surface area contributed by atoms with Crippen LogP contribution in [-0.2, 0) is 6.61 Å². The lowest BCUT2D eigenvalue weighted by Gasteiger charge is -1.93. The number of furan rings is 1. The zero-order chi connectivity index (χ0) is 12.8. The Hall–Kier alpha value is -2.06. The molecular weight excluding hydrogens is 224 g/mol. The van der Waals surface area contributed by atoms with Crippen LogP contribution in [0.3, 0.4) is 0 Å². The van der Waals surface area contributed by atoms with Crippen LogP contribution < -0.4 is 0 Å². The van der Waals surface area contributed by atoms with E-state index in [0.29, 0.717) is 5.76 Å². The predicted octanol–water partition coefficient (Wildman–Crippen LogP) is 3.81. The number of aliphatic hydroxyl groups excluding tert-OH is 1. The molecule has 0 aliphatic rings. The largest absolute Gasteiger partial charge is 0.459 e. The lowest BCUT2D eigenvalue weighted by Crippen LogP contribution is -1.73. The highest BCUT2D eigenvalue weighted by Crippen LogP contribution is 2.10. The highest BCUT2D eigenvalue weighted by Gasteiger charge is 1.95. The third-order valence-corrected chi connectivity index (χ3v) is 2.58. The molecule has 0 saturated carbocycles. The summed E-state index contributed by atoms with van der Waals surface area (Å²) >= 11 is 0. The Morgan fingerprint density at radius 3 is 2.39 bits per heavy atom. The van der Waals surface area contributed by atoms with Gasteiger partial charge in [0.25, 0.3) is 0 Å². The fourth-order valence-corrected chi connectivity index (χ4v) is 1.56. The van der Waals surface area contributed by atoms with Crippen molar-refractivity contribution >= 4 is 12.2 Å². The molecule has 0 atom stereocenters. The first-order valence-electron chi connectivity index (χ1n) is 5.89. The molecule has 2 aromatic rings. The van der Waals surface area contributed by atoms with Crippen molar-refractivity contribution < 1.29 is 9.52 Å². The van der Waals surface area contributed by atoms with E-state index in [4.69, 9.17) is 9.52 Å². The van der Waals surface area contributed by atoms with Gasteiger partial charge in [0.05, 0.1) is 0 Å². The SMILES string of the molecule is Cc1ccc(/C=C/C=C/c2ccc(CO)o2)cc1. The minimum Gasteiger partial charge on any atom is -0.459 e. The topological polar surface area (TPSA) is 33.4 Å². The van der Waals surface area contributed by atoms with E-state index in [1.165, 1.54) is 11.1 Å². The average molecular weight is 240 g/mol. The molecule has 0 saturated heterocycles. The lowest BCUT2D eigenvalue weighted by atomic mass is 10.1. The van der Waals surface area contributed by atoms with E-state index in [1.54, 1.807) is 6.07 Å². The smallest absolute Gasteiger partial charge is 0.130 e. The first-order chi connectivity index (χ1) is 8.78. The van der Waals surface area contributed by atoms with Crippen molar-refractivity contribution in [2.24, 2.45) is 0 Å². The Morgan fingerprint density at radius 1 is 1.00 bits per heavy atom. The normalized spacial score (nSPS) is 11.7. The number of aryl methyl sites for hydroxylation is 1. The number of hydrogen-bond donors (Lipinski definition) is 1. The van der Waals surface area contributed by atoms with E-state index in [-0.39, 0.29) is 6.61 Å². The number of rotatable bonds is 4. The molecule has 0 unspecified atom stereocenters. The van der Waals surface area contributed by atoms with Crippen LogP contribution in [0.1, 0.15) is 22.6 Å². The zero-order valence-corrected chi connectivity index (χ0v) is 10.3. The fraction of sp³-hybridized carbons (Fsp3) is 0.125. The Balaban J connectivity index is 1.96. The van der Waals surface area contributed by atoms with Gasteiger partial charge in [-0.25, -0.2) is 0 Å². The van der Waals surface area contributed by atoms with Crippen molar-refractivity contribution in [1.82, 2.24) is 0 Å². The number of hydrogen-bond acceptors (Lipinski definition) is 2. The van der Waals surface area contributed by atoms with Crippen molar-refractivity contribution in [3.05, 3.63) is 71.2 Å². The van der Waals surface area contributed by atoms with E-state index < -0.39 is 0 Å². The standard InChI is InChI=1S/C16H16O2/c1-13-6-8-14(9-7-13)4-2-3-5-15-10-11-16(12-17)18-15/h2-11,17H,12H2,1H3/b4-2+,5-3+. The molecule has 0 aliphatic carbocycles.